The molecule has 0 atom stereocenters. The van der Waals surface area contributed by atoms with Crippen molar-refractivity contribution in [2.75, 3.05) is 13.2 Å². The largest absolute Gasteiger partial charge is 0.456 e. The highest BCUT2D eigenvalue weighted by atomic mass is 16.5. The third-order valence-corrected chi connectivity index (χ3v) is 3.78. The molecule has 2 rings (SSSR count). The Balaban J connectivity index is 1.86. The monoisotopic (exact) mass is 374 g/mol. The maximum absolute atomic E-state index is 12.3. The number of hydrogen-bond donors (Lipinski definition) is 2. The van der Waals surface area contributed by atoms with Gasteiger partial charge < -0.3 is 10.1 Å². The van der Waals surface area contributed by atoms with Crippen LogP contribution in [0.1, 0.15) is 25.6 Å². The van der Waals surface area contributed by atoms with Crippen LogP contribution in [0, 0.1) is 0 Å². The van der Waals surface area contributed by atoms with E-state index >= 15 is 0 Å². The van der Waals surface area contributed by atoms with Crippen molar-refractivity contribution in [2.45, 2.75) is 26.2 Å². The number of benzene rings is 1. The maximum atomic E-state index is 12.3. The van der Waals surface area contributed by atoms with Gasteiger partial charge in [0.25, 0.3) is 11.5 Å². The van der Waals surface area contributed by atoms with Gasteiger partial charge in [-0.15, -0.1) is 0 Å². The minimum absolute atomic E-state index is 0.0477. The lowest BCUT2D eigenvalue weighted by atomic mass is 10.2. The molecule has 1 aromatic carbocycles. The number of imide groups is 1. The summed E-state index contributed by atoms with van der Waals surface area (Å²) in [7, 11) is 1.59. The molecule has 0 bridgehead atoms. The number of fused-ring (bicyclic) bond motifs is 1. The maximum Gasteiger partial charge on any atom is 0.321 e. The fraction of sp³-hybridized carbons (Fsp3) is 0.389. The summed E-state index contributed by atoms with van der Waals surface area (Å²) in [6.45, 7) is 1.77. The molecule has 1 heterocycles. The topological polar surface area (TPSA) is 119 Å². The van der Waals surface area contributed by atoms with E-state index in [0.29, 0.717) is 23.3 Å². The number of rotatable bonds is 7. The summed E-state index contributed by atoms with van der Waals surface area (Å²) in [6.07, 6.45) is 0.879. The Bertz CT molecular complexity index is 906. The van der Waals surface area contributed by atoms with Gasteiger partial charge in [0.1, 0.15) is 5.82 Å². The Labute approximate surface area is 155 Å². The Hall–Kier alpha value is -3.23. The molecule has 0 aliphatic heterocycles. The van der Waals surface area contributed by atoms with Crippen LogP contribution in [-0.4, -0.2) is 40.6 Å². The zero-order chi connectivity index (χ0) is 19.8. The first-order chi connectivity index (χ1) is 12.9. The van der Waals surface area contributed by atoms with E-state index in [4.69, 9.17) is 4.74 Å². The van der Waals surface area contributed by atoms with E-state index in [-0.39, 0.29) is 18.4 Å². The molecule has 0 saturated carbocycles. The van der Waals surface area contributed by atoms with E-state index in [2.05, 4.69) is 15.6 Å². The average molecular weight is 374 g/mol. The molecule has 144 valence electrons. The highest BCUT2D eigenvalue weighted by Gasteiger charge is 2.13. The van der Waals surface area contributed by atoms with Gasteiger partial charge >= 0.3 is 12.0 Å². The number of carbonyl (C=O) groups is 3. The van der Waals surface area contributed by atoms with E-state index in [1.54, 1.807) is 31.3 Å². The number of para-hydroxylation sites is 1. The van der Waals surface area contributed by atoms with Gasteiger partial charge in [-0.05, 0) is 18.6 Å². The minimum Gasteiger partial charge on any atom is -0.456 e. The summed E-state index contributed by atoms with van der Waals surface area (Å²) in [5.41, 5.74) is 0.364. The first-order valence-corrected chi connectivity index (χ1v) is 8.60. The van der Waals surface area contributed by atoms with Crippen LogP contribution < -0.4 is 16.2 Å². The van der Waals surface area contributed by atoms with Crippen molar-refractivity contribution in [1.82, 2.24) is 20.2 Å². The van der Waals surface area contributed by atoms with Crippen molar-refractivity contribution < 1.29 is 19.1 Å². The van der Waals surface area contributed by atoms with Gasteiger partial charge in [0, 0.05) is 20.0 Å². The number of urea groups is 1. The van der Waals surface area contributed by atoms with Crippen molar-refractivity contribution in [2.24, 2.45) is 7.05 Å². The first-order valence-electron chi connectivity index (χ1n) is 8.60. The summed E-state index contributed by atoms with van der Waals surface area (Å²) in [5, 5.41) is 5.03. The van der Waals surface area contributed by atoms with Crippen LogP contribution in [0.5, 0.6) is 0 Å². The van der Waals surface area contributed by atoms with Crippen LogP contribution in [0.4, 0.5) is 4.79 Å². The van der Waals surface area contributed by atoms with Crippen LogP contribution >= 0.6 is 0 Å². The summed E-state index contributed by atoms with van der Waals surface area (Å²) in [6, 6.07) is 6.33. The second-order valence-corrected chi connectivity index (χ2v) is 5.87. The Morgan fingerprint density at radius 3 is 2.70 bits per heavy atom. The molecule has 27 heavy (non-hydrogen) atoms. The van der Waals surface area contributed by atoms with Gasteiger partial charge in [0.05, 0.1) is 17.3 Å². The zero-order valence-corrected chi connectivity index (χ0v) is 15.3. The zero-order valence-electron chi connectivity index (χ0n) is 15.3. The quantitative estimate of drug-likeness (QED) is 0.687. The minimum atomic E-state index is -0.715. The number of carbonyl (C=O) groups excluding carboxylic acids is 3. The van der Waals surface area contributed by atoms with Crippen molar-refractivity contribution in [3.05, 3.63) is 40.4 Å². The number of hydrogen-bond acceptors (Lipinski definition) is 6. The number of ether oxygens (including phenoxy) is 1. The van der Waals surface area contributed by atoms with E-state index in [1.165, 1.54) is 4.57 Å². The first kappa shape index (κ1) is 20.1. The lowest BCUT2D eigenvalue weighted by molar-refractivity contribution is -0.148. The molecule has 0 fully saturated rings. The van der Waals surface area contributed by atoms with Crippen LogP contribution in [0.15, 0.2) is 29.1 Å². The second-order valence-electron chi connectivity index (χ2n) is 5.87. The fourth-order valence-electron chi connectivity index (χ4n) is 2.37. The van der Waals surface area contributed by atoms with E-state index in [1.807, 2.05) is 6.92 Å². The number of esters is 1. The highest BCUT2D eigenvalue weighted by Crippen LogP contribution is 2.08. The lowest BCUT2D eigenvalue weighted by Gasteiger charge is -2.09. The molecule has 0 spiro atoms. The Morgan fingerprint density at radius 1 is 1.22 bits per heavy atom. The van der Waals surface area contributed by atoms with Crippen LogP contribution in [0.3, 0.4) is 0 Å². The van der Waals surface area contributed by atoms with Crippen LogP contribution in [-0.2, 0) is 27.8 Å². The number of aromatic nitrogens is 2. The molecule has 0 aliphatic rings. The molecule has 9 heteroatoms. The fourth-order valence-corrected chi connectivity index (χ4v) is 2.37. The summed E-state index contributed by atoms with van der Waals surface area (Å²) in [4.78, 5) is 51.4. The molecule has 2 aromatic rings. The lowest BCUT2D eigenvalue weighted by Crippen LogP contribution is -2.41. The predicted molar refractivity (Wildman–Crippen MR) is 98.1 cm³/mol. The molecule has 0 aliphatic carbocycles. The van der Waals surface area contributed by atoms with Gasteiger partial charge in [0.15, 0.2) is 6.61 Å². The second kappa shape index (κ2) is 9.46. The molecule has 2 N–H and O–H groups in total. The van der Waals surface area contributed by atoms with Crippen molar-refractivity contribution in [3.8, 4) is 0 Å². The number of aryl methyl sites for hydroxylation is 1. The van der Waals surface area contributed by atoms with Gasteiger partial charge in [-0.3, -0.25) is 24.3 Å². The molecule has 0 radical (unpaired) electrons. The Morgan fingerprint density at radius 2 is 1.96 bits per heavy atom. The average Bonchev–Trinajstić information content (AvgIpc) is 2.66. The smallest absolute Gasteiger partial charge is 0.321 e. The van der Waals surface area contributed by atoms with Crippen molar-refractivity contribution >= 4 is 28.8 Å². The van der Waals surface area contributed by atoms with Crippen LogP contribution in [0.2, 0.25) is 0 Å². The van der Waals surface area contributed by atoms with Crippen molar-refractivity contribution in [3.63, 3.8) is 0 Å². The van der Waals surface area contributed by atoms with E-state index < -0.39 is 24.5 Å². The summed E-state index contributed by atoms with van der Waals surface area (Å²) in [5.74, 6) is -0.895. The number of nitrogens with one attached hydrogen (secondary N) is 2. The van der Waals surface area contributed by atoms with Crippen molar-refractivity contribution in [1.29, 1.82) is 0 Å². The summed E-state index contributed by atoms with van der Waals surface area (Å²) >= 11 is 0. The molecule has 0 unspecified atom stereocenters. The molecular weight excluding hydrogens is 352 g/mol. The Kier molecular flexibility index (Phi) is 7.04. The number of amides is 3. The number of nitrogens with zero attached hydrogens (tertiary/aromatic N) is 2. The van der Waals surface area contributed by atoms with Gasteiger partial charge in [0.2, 0.25) is 0 Å². The van der Waals surface area contributed by atoms with Crippen LogP contribution in [0.25, 0.3) is 10.9 Å². The predicted octanol–water partition coefficient (Wildman–Crippen LogP) is 0.645. The van der Waals surface area contributed by atoms with Gasteiger partial charge in [-0.25, -0.2) is 9.78 Å². The molecule has 0 saturated heterocycles. The third-order valence-electron chi connectivity index (χ3n) is 3.78. The standard InChI is InChI=1S/C18H22N4O5/c1-3-10-19-18(26)21-15(23)11-27-16(24)9-8-14-20-13-7-5-4-6-12(13)17(25)22(14)2/h4-7H,3,8-11H2,1-2H3,(H2,19,21,23,26). The van der Waals surface area contributed by atoms with Gasteiger partial charge in [-0.2, -0.15) is 0 Å². The molecule has 3 amide bonds. The van der Waals surface area contributed by atoms with E-state index in [0.717, 1.165) is 6.42 Å². The van der Waals surface area contributed by atoms with E-state index in [9.17, 15) is 19.2 Å². The molecular formula is C18H22N4O5. The molecule has 1 aromatic heterocycles. The summed E-state index contributed by atoms with van der Waals surface area (Å²) < 4.78 is 6.23. The van der Waals surface area contributed by atoms with Gasteiger partial charge in [-0.1, -0.05) is 19.1 Å². The SMILES string of the molecule is CCCNC(=O)NC(=O)COC(=O)CCc1nc2ccccc2c(=O)n1C. The normalized spacial score (nSPS) is 10.4. The third kappa shape index (κ3) is 5.63. The molecule has 9 nitrogen and oxygen atoms in total. The highest BCUT2D eigenvalue weighted by molar-refractivity contribution is 5.95.